The van der Waals surface area contributed by atoms with Crippen molar-refractivity contribution >= 4 is 22.8 Å². The van der Waals surface area contributed by atoms with Gasteiger partial charge in [0.2, 0.25) is 0 Å². The molecule has 0 saturated carbocycles. The number of rotatable bonds is 6. The predicted octanol–water partition coefficient (Wildman–Crippen LogP) is 1.43. The van der Waals surface area contributed by atoms with Crippen LogP contribution in [-0.2, 0) is 20.7 Å². The Kier molecular flexibility index (Phi) is 5.23. The average molecular weight is 321 g/mol. The van der Waals surface area contributed by atoms with E-state index < -0.39 is 18.0 Å². The first-order chi connectivity index (χ1) is 11.0. The third-order valence-corrected chi connectivity index (χ3v) is 3.45. The van der Waals surface area contributed by atoms with E-state index in [0.29, 0.717) is 28.8 Å². The molecule has 124 valence electrons. The molecule has 0 bridgehead atoms. The highest BCUT2D eigenvalue weighted by molar-refractivity contribution is 5.99. The summed E-state index contributed by atoms with van der Waals surface area (Å²) in [7, 11) is 2.45. The van der Waals surface area contributed by atoms with Crippen LogP contribution in [0.4, 0.5) is 0 Å². The Bertz CT molecular complexity index is 721. The Morgan fingerprint density at radius 3 is 2.61 bits per heavy atom. The number of methoxy groups -OCH3 is 2. The first-order valence-electron chi connectivity index (χ1n) is 7.13. The van der Waals surface area contributed by atoms with Crippen molar-refractivity contribution < 1.29 is 28.9 Å². The van der Waals surface area contributed by atoms with Crippen molar-refractivity contribution in [3.8, 4) is 5.75 Å². The molecule has 2 N–H and O–H groups in total. The molecule has 0 aliphatic heterocycles. The number of aromatic nitrogens is 1. The van der Waals surface area contributed by atoms with Gasteiger partial charge in [-0.3, -0.25) is 0 Å². The van der Waals surface area contributed by atoms with Gasteiger partial charge in [-0.15, -0.1) is 0 Å². The van der Waals surface area contributed by atoms with Crippen LogP contribution in [0.2, 0.25) is 0 Å². The second-order valence-corrected chi connectivity index (χ2v) is 4.85. The number of H-pyrrole nitrogens is 1. The topological polar surface area (TPSA) is 97.9 Å². The van der Waals surface area contributed by atoms with E-state index in [1.165, 1.54) is 14.2 Å². The first-order valence-corrected chi connectivity index (χ1v) is 7.13. The van der Waals surface area contributed by atoms with Crippen LogP contribution in [0.25, 0.3) is 10.9 Å². The highest BCUT2D eigenvalue weighted by Gasteiger charge is 2.24. The maximum Gasteiger partial charge on any atom is 0.354 e. The minimum Gasteiger partial charge on any atom is -0.494 e. The quantitative estimate of drug-likeness (QED) is 0.781. The molecule has 0 aliphatic carbocycles. The molecule has 7 heteroatoms. The van der Waals surface area contributed by atoms with Crippen LogP contribution < -0.4 is 4.74 Å². The molecule has 23 heavy (non-hydrogen) atoms. The Hall–Kier alpha value is -2.54. The van der Waals surface area contributed by atoms with Crippen LogP contribution in [-0.4, -0.2) is 49.0 Å². The van der Waals surface area contributed by atoms with Gasteiger partial charge in [0.25, 0.3) is 0 Å². The van der Waals surface area contributed by atoms with Gasteiger partial charge in [0.1, 0.15) is 11.4 Å². The smallest absolute Gasteiger partial charge is 0.354 e. The number of carbonyl (C=O) groups excluding carboxylic acids is 2. The predicted molar refractivity (Wildman–Crippen MR) is 82.5 cm³/mol. The largest absolute Gasteiger partial charge is 0.494 e. The van der Waals surface area contributed by atoms with Crippen molar-refractivity contribution in [2.45, 2.75) is 19.4 Å². The molecule has 0 aliphatic rings. The number of esters is 2. The van der Waals surface area contributed by atoms with E-state index in [9.17, 15) is 14.7 Å². The molecule has 0 saturated heterocycles. The zero-order valence-corrected chi connectivity index (χ0v) is 13.2. The van der Waals surface area contributed by atoms with E-state index in [1.807, 2.05) is 6.92 Å². The van der Waals surface area contributed by atoms with Gasteiger partial charge in [-0.25, -0.2) is 9.59 Å². The van der Waals surface area contributed by atoms with Gasteiger partial charge in [-0.05, 0) is 30.7 Å². The summed E-state index contributed by atoms with van der Waals surface area (Å²) in [6.45, 7) is 2.36. The summed E-state index contributed by atoms with van der Waals surface area (Å²) in [5.41, 5.74) is 1.35. The summed E-state index contributed by atoms with van der Waals surface area (Å²) in [6, 6.07) is 5.28. The highest BCUT2D eigenvalue weighted by Crippen LogP contribution is 2.28. The fourth-order valence-electron chi connectivity index (χ4n) is 2.38. The Balaban J connectivity index is 2.53. The van der Waals surface area contributed by atoms with Gasteiger partial charge in [0.15, 0.2) is 6.10 Å². The molecular formula is C16H19NO6. The van der Waals surface area contributed by atoms with Crippen LogP contribution >= 0.6 is 0 Å². The fourth-order valence-corrected chi connectivity index (χ4v) is 2.38. The molecule has 1 aromatic carbocycles. The van der Waals surface area contributed by atoms with Gasteiger partial charge < -0.3 is 24.3 Å². The van der Waals surface area contributed by atoms with Gasteiger partial charge in [0, 0.05) is 17.3 Å². The van der Waals surface area contributed by atoms with Crippen molar-refractivity contribution in [1.29, 1.82) is 0 Å². The summed E-state index contributed by atoms with van der Waals surface area (Å²) in [4.78, 5) is 26.4. The molecule has 1 unspecified atom stereocenters. The van der Waals surface area contributed by atoms with Crippen molar-refractivity contribution in [1.82, 2.24) is 4.98 Å². The number of hydrogen-bond acceptors (Lipinski definition) is 6. The van der Waals surface area contributed by atoms with Crippen molar-refractivity contribution in [3.63, 3.8) is 0 Å². The second-order valence-electron chi connectivity index (χ2n) is 4.85. The van der Waals surface area contributed by atoms with E-state index in [-0.39, 0.29) is 12.1 Å². The zero-order valence-electron chi connectivity index (χ0n) is 13.2. The van der Waals surface area contributed by atoms with Gasteiger partial charge in [0.05, 0.1) is 20.8 Å². The lowest BCUT2D eigenvalue weighted by molar-refractivity contribution is -0.150. The fraction of sp³-hybridized carbons (Fsp3) is 0.375. The minimum atomic E-state index is -1.38. The van der Waals surface area contributed by atoms with E-state index >= 15 is 0 Å². The standard InChI is InChI=1S/C16H19NO6/c1-4-23-9-5-6-12-10(7-9)11(8-13(18)15(19)21-2)14(17-12)16(20)22-3/h5-7,13,17-18H,4,8H2,1-3H3. The van der Waals surface area contributed by atoms with Gasteiger partial charge in [-0.1, -0.05) is 0 Å². The van der Waals surface area contributed by atoms with Crippen LogP contribution in [0.3, 0.4) is 0 Å². The zero-order chi connectivity index (χ0) is 17.0. The molecule has 7 nitrogen and oxygen atoms in total. The summed E-state index contributed by atoms with van der Waals surface area (Å²) in [6.07, 6.45) is -1.45. The molecule has 0 fully saturated rings. The van der Waals surface area contributed by atoms with E-state index in [2.05, 4.69) is 9.72 Å². The Labute approximate surface area is 133 Å². The van der Waals surface area contributed by atoms with E-state index in [4.69, 9.17) is 9.47 Å². The number of nitrogens with one attached hydrogen (secondary N) is 1. The number of benzene rings is 1. The van der Waals surface area contributed by atoms with Crippen molar-refractivity contribution in [2.75, 3.05) is 20.8 Å². The first kappa shape index (κ1) is 16.8. The van der Waals surface area contributed by atoms with Crippen LogP contribution in [0.1, 0.15) is 23.0 Å². The van der Waals surface area contributed by atoms with Crippen LogP contribution in [0.15, 0.2) is 18.2 Å². The molecule has 0 spiro atoms. The number of carbonyl (C=O) groups is 2. The number of aliphatic hydroxyl groups excluding tert-OH is 1. The number of ether oxygens (including phenoxy) is 3. The lowest BCUT2D eigenvalue weighted by atomic mass is 10.0. The Morgan fingerprint density at radius 2 is 2.00 bits per heavy atom. The third-order valence-electron chi connectivity index (χ3n) is 3.45. The minimum absolute atomic E-state index is 0.0767. The number of aromatic amines is 1. The molecule has 0 amide bonds. The number of aliphatic hydroxyl groups is 1. The maximum absolute atomic E-state index is 12.0. The van der Waals surface area contributed by atoms with Crippen LogP contribution in [0.5, 0.6) is 5.75 Å². The van der Waals surface area contributed by atoms with E-state index in [0.717, 1.165) is 0 Å². The molecule has 2 rings (SSSR count). The normalized spacial score (nSPS) is 12.0. The molecule has 1 heterocycles. The van der Waals surface area contributed by atoms with Gasteiger partial charge in [-0.2, -0.15) is 0 Å². The SMILES string of the molecule is CCOc1ccc2[nH]c(C(=O)OC)c(CC(O)C(=O)OC)c2c1. The van der Waals surface area contributed by atoms with E-state index in [1.54, 1.807) is 18.2 Å². The lowest BCUT2D eigenvalue weighted by Gasteiger charge is -2.09. The van der Waals surface area contributed by atoms with Crippen LogP contribution in [0, 0.1) is 0 Å². The van der Waals surface area contributed by atoms with Gasteiger partial charge >= 0.3 is 11.9 Å². The molecule has 1 aromatic heterocycles. The summed E-state index contributed by atoms with van der Waals surface area (Å²) in [5, 5.41) is 10.6. The molecular weight excluding hydrogens is 302 g/mol. The van der Waals surface area contributed by atoms with Crippen molar-refractivity contribution in [2.24, 2.45) is 0 Å². The average Bonchev–Trinajstić information content (AvgIpc) is 2.91. The number of fused-ring (bicyclic) bond motifs is 1. The highest BCUT2D eigenvalue weighted by atomic mass is 16.5. The lowest BCUT2D eigenvalue weighted by Crippen LogP contribution is -2.25. The molecule has 1 atom stereocenters. The number of hydrogen-bond donors (Lipinski definition) is 2. The molecule has 0 radical (unpaired) electrons. The summed E-state index contributed by atoms with van der Waals surface area (Å²) in [5.74, 6) is -0.716. The summed E-state index contributed by atoms with van der Waals surface area (Å²) < 4.78 is 14.7. The third kappa shape index (κ3) is 3.45. The summed E-state index contributed by atoms with van der Waals surface area (Å²) >= 11 is 0. The monoisotopic (exact) mass is 321 g/mol. The second kappa shape index (κ2) is 7.15. The Morgan fingerprint density at radius 1 is 1.26 bits per heavy atom. The van der Waals surface area contributed by atoms with Crippen molar-refractivity contribution in [3.05, 3.63) is 29.5 Å². The molecule has 2 aromatic rings. The maximum atomic E-state index is 12.0.